The van der Waals surface area contributed by atoms with Gasteiger partial charge < -0.3 is 15.5 Å². The maximum atomic E-state index is 3.67. The van der Waals surface area contributed by atoms with Crippen molar-refractivity contribution in [3.05, 3.63) is 0 Å². The lowest BCUT2D eigenvalue weighted by molar-refractivity contribution is 0.267. The van der Waals surface area contributed by atoms with E-state index in [2.05, 4.69) is 36.4 Å². The first-order valence-electron chi connectivity index (χ1n) is 6.34. The van der Waals surface area contributed by atoms with Crippen molar-refractivity contribution in [1.82, 2.24) is 15.5 Å². The normalized spacial score (nSPS) is 23.4. The molecule has 1 saturated heterocycles. The van der Waals surface area contributed by atoms with Crippen molar-refractivity contribution in [2.24, 2.45) is 0 Å². The molecule has 0 aliphatic carbocycles. The minimum atomic E-state index is 0.655. The number of likely N-dealkylation sites (N-methyl/N-ethyl adjacent to an activating group) is 1. The Morgan fingerprint density at radius 1 is 1.33 bits per heavy atom. The highest BCUT2D eigenvalue weighted by Gasteiger charge is 2.11. The zero-order chi connectivity index (χ0) is 11.1. The fraction of sp³-hybridized carbons (Fsp3) is 1.00. The van der Waals surface area contributed by atoms with E-state index >= 15 is 0 Å². The van der Waals surface area contributed by atoms with Gasteiger partial charge in [0.1, 0.15) is 0 Å². The third-order valence-electron chi connectivity index (χ3n) is 3.35. The largest absolute Gasteiger partial charge is 0.317 e. The lowest BCUT2D eigenvalue weighted by atomic mass is 10.1. The highest BCUT2D eigenvalue weighted by molar-refractivity contribution is 4.73. The van der Waals surface area contributed by atoms with Crippen LogP contribution in [0, 0.1) is 0 Å². The first-order chi connectivity index (χ1) is 7.20. The number of nitrogens with one attached hydrogen (secondary N) is 2. The zero-order valence-electron chi connectivity index (χ0n) is 10.6. The fourth-order valence-corrected chi connectivity index (χ4v) is 1.93. The molecule has 0 amide bonds. The number of hydrogen-bond donors (Lipinski definition) is 2. The molecule has 0 aromatic heterocycles. The van der Waals surface area contributed by atoms with E-state index in [1.165, 1.54) is 32.4 Å². The summed E-state index contributed by atoms with van der Waals surface area (Å²) >= 11 is 0. The van der Waals surface area contributed by atoms with Gasteiger partial charge in [0, 0.05) is 25.2 Å². The van der Waals surface area contributed by atoms with Gasteiger partial charge in [0.2, 0.25) is 0 Å². The Morgan fingerprint density at radius 3 is 2.87 bits per heavy atom. The Balaban J connectivity index is 2.07. The highest BCUT2D eigenvalue weighted by atomic mass is 15.1. The molecule has 1 heterocycles. The molecule has 90 valence electrons. The molecule has 1 fully saturated rings. The van der Waals surface area contributed by atoms with Crippen LogP contribution in [0.2, 0.25) is 0 Å². The van der Waals surface area contributed by atoms with Gasteiger partial charge in [-0.3, -0.25) is 0 Å². The molecule has 2 N–H and O–H groups in total. The smallest absolute Gasteiger partial charge is 0.0107 e. The summed E-state index contributed by atoms with van der Waals surface area (Å²) in [5.74, 6) is 0. The van der Waals surface area contributed by atoms with E-state index < -0.39 is 0 Å². The third kappa shape index (κ3) is 5.50. The predicted molar refractivity (Wildman–Crippen MR) is 66.3 cm³/mol. The molecule has 1 rings (SSSR count). The van der Waals surface area contributed by atoms with Crippen molar-refractivity contribution in [1.29, 1.82) is 0 Å². The van der Waals surface area contributed by atoms with Gasteiger partial charge in [-0.25, -0.2) is 0 Å². The van der Waals surface area contributed by atoms with Gasteiger partial charge in [0.05, 0.1) is 0 Å². The van der Waals surface area contributed by atoms with Crippen molar-refractivity contribution >= 4 is 0 Å². The topological polar surface area (TPSA) is 27.3 Å². The van der Waals surface area contributed by atoms with Gasteiger partial charge in [-0.05, 0) is 53.2 Å². The minimum Gasteiger partial charge on any atom is -0.317 e. The first-order valence-corrected chi connectivity index (χ1v) is 6.34. The van der Waals surface area contributed by atoms with Gasteiger partial charge in [0.25, 0.3) is 0 Å². The summed E-state index contributed by atoms with van der Waals surface area (Å²) in [4.78, 5) is 2.39. The quantitative estimate of drug-likeness (QED) is 0.715. The van der Waals surface area contributed by atoms with Gasteiger partial charge >= 0.3 is 0 Å². The maximum Gasteiger partial charge on any atom is 0.0107 e. The third-order valence-corrected chi connectivity index (χ3v) is 3.35. The molecule has 3 nitrogen and oxygen atoms in total. The molecule has 1 unspecified atom stereocenters. The Hall–Kier alpha value is -0.120. The van der Waals surface area contributed by atoms with Crippen molar-refractivity contribution in [3.63, 3.8) is 0 Å². The molecular weight excluding hydrogens is 186 g/mol. The van der Waals surface area contributed by atoms with Crippen molar-refractivity contribution < 1.29 is 0 Å². The lowest BCUT2D eigenvalue weighted by Gasteiger charge is -2.23. The van der Waals surface area contributed by atoms with E-state index in [1.807, 2.05) is 0 Å². The lowest BCUT2D eigenvalue weighted by Crippen LogP contribution is -2.38. The monoisotopic (exact) mass is 213 g/mol. The van der Waals surface area contributed by atoms with Gasteiger partial charge in [-0.1, -0.05) is 0 Å². The summed E-state index contributed by atoms with van der Waals surface area (Å²) in [6.07, 6.45) is 3.93. The Kier molecular flexibility index (Phi) is 6.22. The highest BCUT2D eigenvalue weighted by Crippen LogP contribution is 2.04. The second-order valence-electron chi connectivity index (χ2n) is 4.91. The van der Waals surface area contributed by atoms with Crippen LogP contribution in [0.15, 0.2) is 0 Å². The van der Waals surface area contributed by atoms with E-state index in [0.717, 1.165) is 19.1 Å². The predicted octanol–water partition coefficient (Wildman–Crippen LogP) is 1.06. The fourth-order valence-electron chi connectivity index (χ4n) is 1.93. The van der Waals surface area contributed by atoms with Crippen LogP contribution in [0.3, 0.4) is 0 Å². The van der Waals surface area contributed by atoms with E-state index in [9.17, 15) is 0 Å². The summed E-state index contributed by atoms with van der Waals surface area (Å²) in [6.45, 7) is 9.15. The van der Waals surface area contributed by atoms with Crippen LogP contribution < -0.4 is 10.6 Å². The molecular formula is C12H27N3. The molecule has 15 heavy (non-hydrogen) atoms. The van der Waals surface area contributed by atoms with Crippen LogP contribution in [0.4, 0.5) is 0 Å². The average molecular weight is 213 g/mol. The van der Waals surface area contributed by atoms with Crippen molar-refractivity contribution in [2.45, 2.75) is 45.2 Å². The molecule has 0 aromatic carbocycles. The van der Waals surface area contributed by atoms with Crippen LogP contribution in [0.25, 0.3) is 0 Å². The number of hydrogen-bond acceptors (Lipinski definition) is 3. The molecule has 3 heteroatoms. The van der Waals surface area contributed by atoms with E-state index in [1.54, 1.807) is 0 Å². The van der Waals surface area contributed by atoms with Gasteiger partial charge in [0.15, 0.2) is 0 Å². The summed E-state index contributed by atoms with van der Waals surface area (Å²) in [7, 11) is 2.20. The Bertz CT molecular complexity index is 151. The second kappa shape index (κ2) is 7.20. The Labute approximate surface area is 94.6 Å². The maximum absolute atomic E-state index is 3.67. The summed E-state index contributed by atoms with van der Waals surface area (Å²) < 4.78 is 0. The summed E-state index contributed by atoms with van der Waals surface area (Å²) in [5, 5.41) is 7.11. The number of rotatable bonds is 5. The van der Waals surface area contributed by atoms with Crippen LogP contribution >= 0.6 is 0 Å². The Morgan fingerprint density at radius 2 is 2.13 bits per heavy atom. The molecule has 1 aliphatic rings. The standard InChI is InChI=1S/C12H27N3/c1-11(2)15(3)10-9-14-12-5-4-7-13-8-6-12/h11-14H,4-10H2,1-3H3. The second-order valence-corrected chi connectivity index (χ2v) is 4.91. The molecule has 0 saturated carbocycles. The SMILES string of the molecule is CC(C)N(C)CCNC1CCCNCC1. The molecule has 1 atom stereocenters. The van der Waals surface area contributed by atoms with E-state index in [4.69, 9.17) is 0 Å². The van der Waals surface area contributed by atoms with Crippen molar-refractivity contribution in [3.8, 4) is 0 Å². The van der Waals surface area contributed by atoms with E-state index in [0.29, 0.717) is 6.04 Å². The minimum absolute atomic E-state index is 0.655. The average Bonchev–Trinajstić information content (AvgIpc) is 2.46. The summed E-state index contributed by atoms with van der Waals surface area (Å²) in [5.41, 5.74) is 0. The first kappa shape index (κ1) is 12.9. The molecule has 0 spiro atoms. The molecule has 0 bridgehead atoms. The molecule has 0 radical (unpaired) electrons. The summed E-state index contributed by atoms with van der Waals surface area (Å²) in [6, 6.07) is 1.39. The van der Waals surface area contributed by atoms with Crippen LogP contribution in [-0.4, -0.2) is 50.2 Å². The molecule has 0 aromatic rings. The van der Waals surface area contributed by atoms with Gasteiger partial charge in [-0.2, -0.15) is 0 Å². The molecule has 1 aliphatic heterocycles. The van der Waals surface area contributed by atoms with Gasteiger partial charge in [-0.15, -0.1) is 0 Å². The van der Waals surface area contributed by atoms with Crippen LogP contribution in [-0.2, 0) is 0 Å². The van der Waals surface area contributed by atoms with Crippen LogP contribution in [0.1, 0.15) is 33.1 Å². The number of nitrogens with zero attached hydrogens (tertiary/aromatic N) is 1. The van der Waals surface area contributed by atoms with Crippen molar-refractivity contribution in [2.75, 3.05) is 33.2 Å². The zero-order valence-corrected chi connectivity index (χ0v) is 10.6. The van der Waals surface area contributed by atoms with Crippen LogP contribution in [0.5, 0.6) is 0 Å². The van der Waals surface area contributed by atoms with E-state index in [-0.39, 0.29) is 0 Å².